The van der Waals surface area contributed by atoms with E-state index < -0.39 is 16.7 Å². The van der Waals surface area contributed by atoms with Gasteiger partial charge in [-0.1, -0.05) is 0 Å². The Balaban J connectivity index is 3.25. The Hall–Kier alpha value is -1.92. The third-order valence-corrected chi connectivity index (χ3v) is 1.94. The SMILES string of the molecule is CCOC(=O)c1c([N+](=O)[O-])nc(C)n1C. The second kappa shape index (κ2) is 4.07. The van der Waals surface area contributed by atoms with Crippen molar-refractivity contribution in [1.82, 2.24) is 9.55 Å². The quantitative estimate of drug-likeness (QED) is 0.421. The largest absolute Gasteiger partial charge is 0.461 e. The van der Waals surface area contributed by atoms with Gasteiger partial charge in [-0.15, -0.1) is 0 Å². The molecular weight excluding hydrogens is 202 g/mol. The smallest absolute Gasteiger partial charge is 0.397 e. The number of aromatic nitrogens is 2. The van der Waals surface area contributed by atoms with Gasteiger partial charge >= 0.3 is 11.8 Å². The van der Waals surface area contributed by atoms with Crippen LogP contribution in [0.15, 0.2) is 0 Å². The van der Waals surface area contributed by atoms with Crippen LogP contribution < -0.4 is 0 Å². The summed E-state index contributed by atoms with van der Waals surface area (Å²) < 4.78 is 6.05. The summed E-state index contributed by atoms with van der Waals surface area (Å²) in [5, 5.41) is 10.6. The maximum atomic E-state index is 11.4. The second-order valence-electron chi connectivity index (χ2n) is 2.87. The third-order valence-electron chi connectivity index (χ3n) is 1.94. The van der Waals surface area contributed by atoms with Crippen LogP contribution in [0, 0.1) is 17.0 Å². The molecule has 7 nitrogen and oxygen atoms in total. The van der Waals surface area contributed by atoms with Crippen molar-refractivity contribution in [2.24, 2.45) is 7.05 Å². The van der Waals surface area contributed by atoms with Gasteiger partial charge in [0.2, 0.25) is 11.5 Å². The summed E-state index contributed by atoms with van der Waals surface area (Å²) in [5.41, 5.74) is -0.126. The molecule has 1 aromatic rings. The molecule has 0 unspecified atom stereocenters. The van der Waals surface area contributed by atoms with Gasteiger partial charge < -0.3 is 14.9 Å². The number of imidazole rings is 1. The summed E-state index contributed by atoms with van der Waals surface area (Å²) in [4.78, 5) is 25.0. The van der Waals surface area contributed by atoms with Gasteiger partial charge in [-0.3, -0.25) is 4.57 Å². The number of rotatable bonds is 3. The van der Waals surface area contributed by atoms with Gasteiger partial charge in [-0.25, -0.2) is 4.79 Å². The molecule has 82 valence electrons. The standard InChI is InChI=1S/C8H11N3O4/c1-4-15-8(12)6-7(11(13)14)9-5(2)10(6)3/h4H2,1-3H3. The minimum atomic E-state index is -0.729. The van der Waals surface area contributed by atoms with E-state index in [-0.39, 0.29) is 12.3 Å². The molecule has 0 amide bonds. The Morgan fingerprint density at radius 1 is 1.67 bits per heavy atom. The number of aryl methyl sites for hydroxylation is 1. The topological polar surface area (TPSA) is 87.3 Å². The molecule has 15 heavy (non-hydrogen) atoms. The van der Waals surface area contributed by atoms with Crippen LogP contribution in [0.25, 0.3) is 0 Å². The van der Waals surface area contributed by atoms with Crippen molar-refractivity contribution in [2.45, 2.75) is 13.8 Å². The molecule has 0 bridgehead atoms. The molecule has 1 heterocycles. The highest BCUT2D eigenvalue weighted by molar-refractivity contribution is 5.91. The predicted molar refractivity (Wildman–Crippen MR) is 50.6 cm³/mol. The lowest BCUT2D eigenvalue weighted by atomic mass is 10.4. The number of nitrogens with zero attached hydrogens (tertiary/aromatic N) is 3. The fourth-order valence-electron chi connectivity index (χ4n) is 1.15. The number of hydrogen-bond donors (Lipinski definition) is 0. The summed E-state index contributed by atoms with van der Waals surface area (Å²) in [6, 6.07) is 0. The van der Waals surface area contributed by atoms with E-state index in [4.69, 9.17) is 4.74 Å². The summed E-state index contributed by atoms with van der Waals surface area (Å²) in [6.45, 7) is 3.38. The van der Waals surface area contributed by atoms with Crippen molar-refractivity contribution in [3.63, 3.8) is 0 Å². The minimum Gasteiger partial charge on any atom is -0.461 e. The van der Waals surface area contributed by atoms with Gasteiger partial charge in [-0.05, 0) is 16.8 Å². The summed E-state index contributed by atoms with van der Waals surface area (Å²) in [6.07, 6.45) is 0. The van der Waals surface area contributed by atoms with Crippen molar-refractivity contribution in [3.8, 4) is 0 Å². The second-order valence-corrected chi connectivity index (χ2v) is 2.87. The molecular formula is C8H11N3O4. The van der Waals surface area contributed by atoms with Crippen molar-refractivity contribution < 1.29 is 14.5 Å². The Bertz CT molecular complexity index is 410. The lowest BCUT2D eigenvalue weighted by molar-refractivity contribution is -0.389. The van der Waals surface area contributed by atoms with Crippen molar-refractivity contribution >= 4 is 11.8 Å². The normalized spacial score (nSPS) is 10.1. The highest BCUT2D eigenvalue weighted by Gasteiger charge is 2.29. The molecule has 1 aromatic heterocycles. The zero-order valence-electron chi connectivity index (χ0n) is 8.68. The Morgan fingerprint density at radius 2 is 2.27 bits per heavy atom. The van der Waals surface area contributed by atoms with Crippen LogP contribution in [0.1, 0.15) is 23.2 Å². The van der Waals surface area contributed by atoms with Crippen LogP contribution in [0.5, 0.6) is 0 Å². The van der Waals surface area contributed by atoms with Crippen LogP contribution >= 0.6 is 0 Å². The lowest BCUT2D eigenvalue weighted by Gasteiger charge is -2.01. The highest BCUT2D eigenvalue weighted by Crippen LogP contribution is 2.18. The molecule has 0 fully saturated rings. The average molecular weight is 213 g/mol. The van der Waals surface area contributed by atoms with Gasteiger partial charge in [-0.2, -0.15) is 0 Å². The Labute approximate surface area is 85.8 Å². The highest BCUT2D eigenvalue weighted by atomic mass is 16.6. The fraction of sp³-hybridized carbons (Fsp3) is 0.500. The van der Waals surface area contributed by atoms with E-state index in [0.29, 0.717) is 5.82 Å². The molecule has 0 saturated heterocycles. The monoisotopic (exact) mass is 213 g/mol. The molecule has 1 rings (SSSR count). The molecule has 7 heteroatoms. The zero-order chi connectivity index (χ0) is 11.6. The molecule has 0 N–H and O–H groups in total. The molecule has 0 saturated carbocycles. The summed E-state index contributed by atoms with van der Waals surface area (Å²) in [5.74, 6) is -0.800. The van der Waals surface area contributed by atoms with E-state index in [2.05, 4.69) is 4.98 Å². The molecule has 0 aliphatic heterocycles. The first-order valence-electron chi connectivity index (χ1n) is 4.33. The minimum absolute atomic E-state index is 0.126. The average Bonchev–Trinajstić information content (AvgIpc) is 2.44. The fourth-order valence-corrected chi connectivity index (χ4v) is 1.15. The van der Waals surface area contributed by atoms with E-state index in [1.165, 1.54) is 11.6 Å². The molecule has 0 aromatic carbocycles. The van der Waals surface area contributed by atoms with Crippen LogP contribution in [0.4, 0.5) is 5.82 Å². The number of carbonyl (C=O) groups excluding carboxylic acids is 1. The van der Waals surface area contributed by atoms with Gasteiger partial charge in [0.25, 0.3) is 0 Å². The van der Waals surface area contributed by atoms with E-state index in [1.54, 1.807) is 13.8 Å². The van der Waals surface area contributed by atoms with E-state index in [9.17, 15) is 14.9 Å². The van der Waals surface area contributed by atoms with E-state index >= 15 is 0 Å². The number of ether oxygens (including phenoxy) is 1. The number of hydrogen-bond acceptors (Lipinski definition) is 5. The van der Waals surface area contributed by atoms with Crippen molar-refractivity contribution in [3.05, 3.63) is 21.6 Å². The Morgan fingerprint density at radius 3 is 2.73 bits per heavy atom. The number of carbonyl (C=O) groups is 1. The zero-order valence-corrected chi connectivity index (χ0v) is 8.68. The molecule has 0 atom stereocenters. The summed E-state index contributed by atoms with van der Waals surface area (Å²) >= 11 is 0. The van der Waals surface area contributed by atoms with E-state index in [0.717, 1.165) is 0 Å². The molecule has 0 spiro atoms. The van der Waals surface area contributed by atoms with Crippen molar-refractivity contribution in [2.75, 3.05) is 6.61 Å². The predicted octanol–water partition coefficient (Wildman–Crippen LogP) is 0.813. The Kier molecular flexibility index (Phi) is 3.03. The lowest BCUT2D eigenvalue weighted by Crippen LogP contribution is -2.12. The first-order valence-corrected chi connectivity index (χ1v) is 4.33. The van der Waals surface area contributed by atoms with Crippen LogP contribution in [0.2, 0.25) is 0 Å². The molecule has 0 aliphatic rings. The van der Waals surface area contributed by atoms with Gasteiger partial charge in [0.05, 0.1) is 6.61 Å². The van der Waals surface area contributed by atoms with Crippen LogP contribution in [-0.2, 0) is 11.8 Å². The summed E-state index contributed by atoms with van der Waals surface area (Å²) in [7, 11) is 1.53. The maximum Gasteiger partial charge on any atom is 0.397 e. The first-order chi connectivity index (χ1) is 6.99. The van der Waals surface area contributed by atoms with Gasteiger partial charge in [0, 0.05) is 14.0 Å². The van der Waals surface area contributed by atoms with Crippen LogP contribution in [0.3, 0.4) is 0 Å². The van der Waals surface area contributed by atoms with Gasteiger partial charge in [0.15, 0.2) is 0 Å². The van der Waals surface area contributed by atoms with Crippen LogP contribution in [-0.4, -0.2) is 27.1 Å². The molecule has 0 aliphatic carbocycles. The van der Waals surface area contributed by atoms with E-state index in [1.807, 2.05) is 0 Å². The maximum absolute atomic E-state index is 11.4. The first kappa shape index (κ1) is 11.2. The number of esters is 1. The van der Waals surface area contributed by atoms with Gasteiger partial charge in [0.1, 0.15) is 0 Å². The third kappa shape index (κ3) is 1.95. The van der Waals surface area contributed by atoms with Crippen molar-refractivity contribution in [1.29, 1.82) is 0 Å². The number of nitro groups is 1. The molecule has 0 radical (unpaired) electrons.